The number of hydrogen-bond acceptors (Lipinski definition) is 6. The lowest BCUT2D eigenvalue weighted by atomic mass is 9.66. The number of fused-ring (bicyclic) bond motifs is 3. The SMILES string of the molecule is OCc1cc(C2(c3cc(CO)c(O)c(CO)c3)c3ccccc3-c3ccccc32)cc(CO)c1O. The largest absolute Gasteiger partial charge is 0.507 e. The predicted octanol–water partition coefficient (Wildman–Crippen LogP) is 3.43. The zero-order valence-corrected chi connectivity index (χ0v) is 18.9. The normalized spacial score (nSPS) is 13.5. The van der Waals surface area contributed by atoms with Gasteiger partial charge in [-0.05, 0) is 57.6 Å². The van der Waals surface area contributed by atoms with Gasteiger partial charge in [0, 0.05) is 22.3 Å². The lowest BCUT2D eigenvalue weighted by Crippen LogP contribution is -2.29. The van der Waals surface area contributed by atoms with Crippen molar-refractivity contribution >= 4 is 0 Å². The van der Waals surface area contributed by atoms with Crippen LogP contribution in [0.15, 0.2) is 72.8 Å². The summed E-state index contributed by atoms with van der Waals surface area (Å²) in [5.41, 5.74) is 5.36. The summed E-state index contributed by atoms with van der Waals surface area (Å²) >= 11 is 0. The molecule has 0 amide bonds. The first-order chi connectivity index (χ1) is 17.0. The molecule has 4 aromatic carbocycles. The van der Waals surface area contributed by atoms with Gasteiger partial charge < -0.3 is 30.6 Å². The van der Waals surface area contributed by atoms with E-state index in [1.54, 1.807) is 24.3 Å². The van der Waals surface area contributed by atoms with Crippen molar-refractivity contribution in [2.75, 3.05) is 0 Å². The van der Waals surface area contributed by atoms with E-state index in [9.17, 15) is 30.6 Å². The van der Waals surface area contributed by atoms with Gasteiger partial charge in [0.1, 0.15) is 11.5 Å². The van der Waals surface area contributed by atoms with Crippen molar-refractivity contribution in [3.05, 3.63) is 117 Å². The van der Waals surface area contributed by atoms with Gasteiger partial charge in [-0.2, -0.15) is 0 Å². The smallest absolute Gasteiger partial charge is 0.126 e. The second-order valence-electron chi connectivity index (χ2n) is 8.76. The van der Waals surface area contributed by atoms with Crippen LogP contribution in [0.25, 0.3) is 11.1 Å². The van der Waals surface area contributed by atoms with Crippen LogP contribution in [0.4, 0.5) is 0 Å². The van der Waals surface area contributed by atoms with Crippen molar-refractivity contribution in [1.29, 1.82) is 0 Å². The van der Waals surface area contributed by atoms with Crippen LogP contribution in [0.5, 0.6) is 11.5 Å². The minimum absolute atomic E-state index is 0.161. The van der Waals surface area contributed by atoms with E-state index in [-0.39, 0.29) is 33.8 Å². The summed E-state index contributed by atoms with van der Waals surface area (Å²) in [6.45, 7) is -1.70. The summed E-state index contributed by atoms with van der Waals surface area (Å²) in [6, 6.07) is 22.7. The topological polar surface area (TPSA) is 121 Å². The highest BCUT2D eigenvalue weighted by Crippen LogP contribution is 2.57. The Hall–Kier alpha value is -3.68. The lowest BCUT2D eigenvalue weighted by molar-refractivity contribution is 0.263. The van der Waals surface area contributed by atoms with E-state index in [2.05, 4.69) is 0 Å². The minimum atomic E-state index is -0.976. The standard InChI is InChI=1S/C29H26O6/c30-13-17-9-21(10-18(14-31)27(17)34)29(22-11-19(15-32)28(35)20(12-22)16-33)25-7-3-1-5-23(25)24-6-2-4-8-26(24)29/h1-12,30-35H,13-16H2. The maximum Gasteiger partial charge on any atom is 0.126 e. The van der Waals surface area contributed by atoms with Crippen LogP contribution in [0, 0.1) is 0 Å². The predicted molar refractivity (Wildman–Crippen MR) is 131 cm³/mol. The van der Waals surface area contributed by atoms with Gasteiger partial charge in [-0.1, -0.05) is 48.5 Å². The van der Waals surface area contributed by atoms with E-state index in [0.717, 1.165) is 22.3 Å². The summed E-state index contributed by atoms with van der Waals surface area (Å²) in [6.07, 6.45) is 0. The molecule has 178 valence electrons. The van der Waals surface area contributed by atoms with Crippen molar-refractivity contribution in [3.8, 4) is 22.6 Å². The van der Waals surface area contributed by atoms with Gasteiger partial charge in [-0.25, -0.2) is 0 Å². The van der Waals surface area contributed by atoms with E-state index >= 15 is 0 Å². The highest BCUT2D eigenvalue weighted by molar-refractivity contribution is 5.86. The molecule has 6 nitrogen and oxygen atoms in total. The van der Waals surface area contributed by atoms with Crippen molar-refractivity contribution < 1.29 is 30.6 Å². The second kappa shape index (κ2) is 8.83. The number of hydrogen-bond donors (Lipinski definition) is 6. The molecule has 0 radical (unpaired) electrons. The molecule has 0 aliphatic heterocycles. The molecular formula is C29H26O6. The molecule has 0 atom stereocenters. The Bertz CT molecular complexity index is 1270. The molecule has 0 saturated heterocycles. The van der Waals surface area contributed by atoms with Crippen LogP contribution in [-0.2, 0) is 31.8 Å². The van der Waals surface area contributed by atoms with E-state index < -0.39 is 31.8 Å². The van der Waals surface area contributed by atoms with Gasteiger partial charge in [0.05, 0.1) is 31.8 Å². The van der Waals surface area contributed by atoms with Crippen LogP contribution >= 0.6 is 0 Å². The Kier molecular flexibility index (Phi) is 5.83. The summed E-state index contributed by atoms with van der Waals surface area (Å²) < 4.78 is 0. The van der Waals surface area contributed by atoms with E-state index in [4.69, 9.17) is 0 Å². The number of benzene rings is 4. The average molecular weight is 471 g/mol. The van der Waals surface area contributed by atoms with Gasteiger partial charge in [-0.3, -0.25) is 0 Å². The molecule has 4 aromatic rings. The molecule has 1 aliphatic carbocycles. The lowest BCUT2D eigenvalue weighted by Gasteiger charge is -2.35. The number of phenols is 2. The fourth-order valence-electron chi connectivity index (χ4n) is 5.46. The first-order valence-corrected chi connectivity index (χ1v) is 11.3. The number of aromatic hydroxyl groups is 2. The zero-order valence-electron chi connectivity index (χ0n) is 18.9. The van der Waals surface area contributed by atoms with Crippen molar-refractivity contribution in [2.24, 2.45) is 0 Å². The number of aliphatic hydroxyl groups excluding tert-OH is 4. The molecule has 0 unspecified atom stereocenters. The van der Waals surface area contributed by atoms with Crippen LogP contribution < -0.4 is 0 Å². The Labute approximate surface area is 202 Å². The average Bonchev–Trinajstić information content (AvgIpc) is 3.20. The van der Waals surface area contributed by atoms with E-state index in [1.807, 2.05) is 48.5 Å². The summed E-state index contributed by atoms with van der Waals surface area (Å²) in [7, 11) is 0. The number of aliphatic hydroxyl groups is 4. The number of rotatable bonds is 6. The van der Waals surface area contributed by atoms with Gasteiger partial charge >= 0.3 is 0 Å². The molecule has 0 fully saturated rings. The maximum absolute atomic E-state index is 10.6. The van der Waals surface area contributed by atoms with Crippen LogP contribution in [0.2, 0.25) is 0 Å². The fraction of sp³-hybridized carbons (Fsp3) is 0.172. The third-order valence-corrected chi connectivity index (χ3v) is 7.04. The Balaban J connectivity index is 1.99. The third-order valence-electron chi connectivity index (χ3n) is 7.04. The summed E-state index contributed by atoms with van der Waals surface area (Å²) in [5, 5.41) is 61.2. The molecule has 0 heterocycles. The van der Waals surface area contributed by atoms with Crippen LogP contribution in [0.3, 0.4) is 0 Å². The summed E-state index contributed by atoms with van der Waals surface area (Å²) in [4.78, 5) is 0. The fourth-order valence-corrected chi connectivity index (χ4v) is 5.46. The minimum Gasteiger partial charge on any atom is -0.507 e. The quantitative estimate of drug-likeness (QED) is 0.226. The highest BCUT2D eigenvalue weighted by atomic mass is 16.3. The highest BCUT2D eigenvalue weighted by Gasteiger charge is 2.46. The van der Waals surface area contributed by atoms with Gasteiger partial charge in [0.15, 0.2) is 0 Å². The molecule has 0 bridgehead atoms. The van der Waals surface area contributed by atoms with Crippen molar-refractivity contribution in [2.45, 2.75) is 31.8 Å². The maximum atomic E-state index is 10.6. The molecule has 1 aliphatic rings. The Morgan fingerprint density at radius 1 is 0.486 bits per heavy atom. The monoisotopic (exact) mass is 470 g/mol. The molecule has 5 rings (SSSR count). The van der Waals surface area contributed by atoms with E-state index in [0.29, 0.717) is 11.1 Å². The molecule has 0 spiro atoms. The molecule has 35 heavy (non-hydrogen) atoms. The Morgan fingerprint density at radius 2 is 0.800 bits per heavy atom. The molecular weight excluding hydrogens is 444 g/mol. The summed E-state index contributed by atoms with van der Waals surface area (Å²) in [5.74, 6) is -0.322. The van der Waals surface area contributed by atoms with Crippen molar-refractivity contribution in [3.63, 3.8) is 0 Å². The van der Waals surface area contributed by atoms with E-state index in [1.165, 1.54) is 0 Å². The van der Waals surface area contributed by atoms with Crippen molar-refractivity contribution in [1.82, 2.24) is 0 Å². The first-order valence-electron chi connectivity index (χ1n) is 11.3. The molecule has 6 N–H and O–H groups in total. The van der Waals surface area contributed by atoms with Gasteiger partial charge in [0.25, 0.3) is 0 Å². The van der Waals surface area contributed by atoms with Crippen LogP contribution in [-0.4, -0.2) is 30.6 Å². The van der Waals surface area contributed by atoms with Gasteiger partial charge in [0.2, 0.25) is 0 Å². The molecule has 0 saturated carbocycles. The molecule has 6 heteroatoms. The van der Waals surface area contributed by atoms with Gasteiger partial charge in [-0.15, -0.1) is 0 Å². The zero-order chi connectivity index (χ0) is 24.7. The Morgan fingerprint density at radius 3 is 1.11 bits per heavy atom. The molecule has 0 aromatic heterocycles. The van der Waals surface area contributed by atoms with Crippen LogP contribution in [0.1, 0.15) is 44.5 Å². The third kappa shape index (κ3) is 3.26. The first kappa shape index (κ1) is 23.1. The second-order valence-corrected chi connectivity index (χ2v) is 8.76.